The van der Waals surface area contributed by atoms with Crippen LogP contribution in [-0.2, 0) is 9.53 Å². The molecule has 0 bridgehead atoms. The van der Waals surface area contributed by atoms with Crippen molar-refractivity contribution in [3.05, 3.63) is 57.8 Å². The van der Waals surface area contributed by atoms with E-state index in [1.165, 1.54) is 16.9 Å². The van der Waals surface area contributed by atoms with Crippen LogP contribution < -0.4 is 5.32 Å². The number of esters is 1. The topological polar surface area (TPSA) is 55.4 Å². The Morgan fingerprint density at radius 1 is 1.21 bits per heavy atom. The van der Waals surface area contributed by atoms with Crippen LogP contribution in [0.1, 0.15) is 47.0 Å². The number of hydrogen-bond donors (Lipinski definition) is 1. The van der Waals surface area contributed by atoms with E-state index in [1.54, 1.807) is 6.92 Å². The van der Waals surface area contributed by atoms with Gasteiger partial charge in [0.15, 0.2) is 6.10 Å². The summed E-state index contributed by atoms with van der Waals surface area (Å²) in [5.74, 6) is -0.468. The van der Waals surface area contributed by atoms with Gasteiger partial charge in [0.05, 0.1) is 0 Å². The maximum Gasteiger partial charge on any atom is 0.349 e. The van der Waals surface area contributed by atoms with Crippen LogP contribution in [0.3, 0.4) is 0 Å². The minimum Gasteiger partial charge on any atom is -0.448 e. The Bertz CT molecular complexity index is 681. The molecule has 5 heteroatoms. The van der Waals surface area contributed by atoms with E-state index in [0.29, 0.717) is 11.4 Å². The first-order valence-electron chi connectivity index (χ1n) is 8.10. The zero-order chi connectivity index (χ0) is 17.5. The highest BCUT2D eigenvalue weighted by atomic mass is 32.1. The fourth-order valence-electron chi connectivity index (χ4n) is 2.44. The van der Waals surface area contributed by atoms with Crippen molar-refractivity contribution in [2.45, 2.75) is 39.2 Å². The molecule has 2 rings (SSSR count). The van der Waals surface area contributed by atoms with Crippen LogP contribution in [-0.4, -0.2) is 24.5 Å². The number of rotatable bonds is 7. The lowest BCUT2D eigenvalue weighted by Gasteiger charge is -2.18. The Morgan fingerprint density at radius 3 is 2.50 bits per heavy atom. The molecule has 24 heavy (non-hydrogen) atoms. The van der Waals surface area contributed by atoms with Crippen molar-refractivity contribution in [1.82, 2.24) is 5.32 Å². The number of hydrogen-bond acceptors (Lipinski definition) is 4. The van der Waals surface area contributed by atoms with Crippen LogP contribution >= 0.6 is 11.3 Å². The smallest absolute Gasteiger partial charge is 0.349 e. The molecule has 2 aromatic rings. The van der Waals surface area contributed by atoms with Crippen LogP contribution in [0.5, 0.6) is 0 Å². The van der Waals surface area contributed by atoms with Crippen LogP contribution in [0.15, 0.2) is 41.8 Å². The number of ether oxygens (including phenoxy) is 1. The molecule has 0 spiro atoms. The summed E-state index contributed by atoms with van der Waals surface area (Å²) in [6.07, 6.45) is 0.111. The Morgan fingerprint density at radius 2 is 1.92 bits per heavy atom. The van der Waals surface area contributed by atoms with E-state index in [9.17, 15) is 9.59 Å². The number of amides is 1. The number of carbonyl (C=O) groups excluding carboxylic acids is 2. The average Bonchev–Trinajstić information content (AvgIpc) is 3.02. The van der Waals surface area contributed by atoms with Crippen molar-refractivity contribution in [2.75, 3.05) is 6.54 Å². The van der Waals surface area contributed by atoms with Crippen molar-refractivity contribution in [3.63, 3.8) is 0 Å². The monoisotopic (exact) mass is 345 g/mol. The van der Waals surface area contributed by atoms with Gasteiger partial charge >= 0.3 is 5.97 Å². The highest BCUT2D eigenvalue weighted by molar-refractivity contribution is 7.12. The van der Waals surface area contributed by atoms with Gasteiger partial charge in [-0.05, 0) is 42.8 Å². The van der Waals surface area contributed by atoms with Crippen LogP contribution in [0.4, 0.5) is 0 Å². The maximum atomic E-state index is 12.2. The number of benzene rings is 1. The molecule has 1 amide bonds. The zero-order valence-corrected chi connectivity index (χ0v) is 15.1. The van der Waals surface area contributed by atoms with E-state index < -0.39 is 12.1 Å². The summed E-state index contributed by atoms with van der Waals surface area (Å²) in [6, 6.07) is 11.9. The lowest BCUT2D eigenvalue weighted by molar-refractivity contribution is -0.129. The molecule has 0 radical (unpaired) electrons. The van der Waals surface area contributed by atoms with E-state index in [1.807, 2.05) is 36.6 Å². The Hall–Kier alpha value is -2.14. The van der Waals surface area contributed by atoms with Gasteiger partial charge in [0, 0.05) is 12.5 Å². The predicted molar refractivity (Wildman–Crippen MR) is 96.4 cm³/mol. The van der Waals surface area contributed by atoms with Crippen molar-refractivity contribution >= 4 is 23.2 Å². The second kappa shape index (κ2) is 8.64. The predicted octanol–water partition coefficient (Wildman–Crippen LogP) is 3.91. The van der Waals surface area contributed by atoms with Crippen LogP contribution in [0.2, 0.25) is 0 Å². The van der Waals surface area contributed by atoms with Crippen molar-refractivity contribution in [3.8, 4) is 0 Å². The minimum atomic E-state index is -0.813. The molecule has 1 aromatic carbocycles. The number of aryl methyl sites for hydroxylation is 1. The molecule has 1 aromatic heterocycles. The summed E-state index contributed by atoms with van der Waals surface area (Å²) in [5.41, 5.74) is 2.06. The van der Waals surface area contributed by atoms with Crippen molar-refractivity contribution in [2.24, 2.45) is 0 Å². The maximum absolute atomic E-state index is 12.2. The third-order valence-electron chi connectivity index (χ3n) is 3.99. The summed E-state index contributed by atoms with van der Waals surface area (Å²) < 4.78 is 5.27. The quantitative estimate of drug-likeness (QED) is 0.774. The normalized spacial score (nSPS) is 13.1. The van der Waals surface area contributed by atoms with E-state index in [0.717, 1.165) is 12.0 Å². The van der Waals surface area contributed by atoms with Gasteiger partial charge in [-0.3, -0.25) is 4.79 Å². The summed E-state index contributed by atoms with van der Waals surface area (Å²) in [4.78, 5) is 24.8. The van der Waals surface area contributed by atoms with Gasteiger partial charge in [-0.1, -0.05) is 37.3 Å². The first-order chi connectivity index (χ1) is 11.5. The lowest BCUT2D eigenvalue weighted by Crippen LogP contribution is -2.38. The molecule has 0 aliphatic rings. The van der Waals surface area contributed by atoms with Gasteiger partial charge in [-0.25, -0.2) is 4.79 Å². The average molecular weight is 345 g/mol. The molecule has 1 N–H and O–H groups in total. The first kappa shape index (κ1) is 18.2. The molecule has 4 nitrogen and oxygen atoms in total. The third kappa shape index (κ3) is 4.68. The minimum absolute atomic E-state index is 0.248. The van der Waals surface area contributed by atoms with Gasteiger partial charge in [0.2, 0.25) is 0 Å². The summed E-state index contributed by atoms with van der Waals surface area (Å²) >= 11 is 1.32. The molecular weight excluding hydrogens is 322 g/mol. The molecular formula is C19H23NO3S. The summed E-state index contributed by atoms with van der Waals surface area (Å²) in [7, 11) is 0. The van der Waals surface area contributed by atoms with Crippen LogP contribution in [0, 0.1) is 6.92 Å². The molecule has 1 heterocycles. The third-order valence-corrected chi connectivity index (χ3v) is 4.98. The highest BCUT2D eigenvalue weighted by Crippen LogP contribution is 2.19. The second-order valence-electron chi connectivity index (χ2n) is 5.74. The zero-order valence-electron chi connectivity index (χ0n) is 14.2. The molecule has 0 saturated heterocycles. The van der Waals surface area contributed by atoms with E-state index in [2.05, 4.69) is 24.4 Å². The standard InChI is InChI=1S/C19H23NO3S/c1-4-15(16-8-6-5-7-9-16)12-20-18(21)14(3)23-19(22)17-13(2)10-11-24-17/h5-11,14-15H,4,12H2,1-3H3,(H,20,21)/t14-,15+/m1/s1. The molecule has 2 atom stereocenters. The number of carbonyl (C=O) groups is 2. The lowest BCUT2D eigenvalue weighted by atomic mass is 9.96. The fraction of sp³-hybridized carbons (Fsp3) is 0.368. The largest absolute Gasteiger partial charge is 0.448 e. The summed E-state index contributed by atoms with van der Waals surface area (Å²) in [5, 5.41) is 4.72. The number of thiophene rings is 1. The van der Waals surface area contributed by atoms with Crippen LogP contribution in [0.25, 0.3) is 0 Å². The van der Waals surface area contributed by atoms with Gasteiger partial charge in [0.1, 0.15) is 4.88 Å². The van der Waals surface area contributed by atoms with Gasteiger partial charge in [-0.15, -0.1) is 11.3 Å². The van der Waals surface area contributed by atoms with E-state index in [4.69, 9.17) is 4.74 Å². The van der Waals surface area contributed by atoms with E-state index in [-0.39, 0.29) is 11.8 Å². The second-order valence-corrected chi connectivity index (χ2v) is 6.66. The molecule has 0 aliphatic carbocycles. The molecule has 0 aliphatic heterocycles. The van der Waals surface area contributed by atoms with Crippen molar-refractivity contribution in [1.29, 1.82) is 0 Å². The molecule has 0 saturated carbocycles. The Labute approximate surface area is 146 Å². The highest BCUT2D eigenvalue weighted by Gasteiger charge is 2.21. The van der Waals surface area contributed by atoms with Crippen molar-refractivity contribution < 1.29 is 14.3 Å². The number of nitrogens with one attached hydrogen (secondary N) is 1. The Kier molecular flexibility index (Phi) is 6.55. The SMILES string of the molecule is CC[C@@H](CNC(=O)[C@@H](C)OC(=O)c1sccc1C)c1ccccc1. The summed E-state index contributed by atoms with van der Waals surface area (Å²) in [6.45, 7) is 6.06. The Balaban J connectivity index is 1.87. The molecule has 128 valence electrons. The molecule has 0 unspecified atom stereocenters. The van der Waals surface area contributed by atoms with E-state index >= 15 is 0 Å². The fourth-order valence-corrected chi connectivity index (χ4v) is 3.25. The van der Waals surface area contributed by atoms with Gasteiger partial charge < -0.3 is 10.1 Å². The molecule has 0 fully saturated rings. The van der Waals surface area contributed by atoms with Gasteiger partial charge in [0.25, 0.3) is 5.91 Å². The van der Waals surface area contributed by atoms with Gasteiger partial charge in [-0.2, -0.15) is 0 Å². The first-order valence-corrected chi connectivity index (χ1v) is 8.98.